The zero-order chi connectivity index (χ0) is 12.8. The van der Waals surface area contributed by atoms with Gasteiger partial charge in [0.1, 0.15) is 0 Å². The highest BCUT2D eigenvalue weighted by molar-refractivity contribution is 5.85. The van der Waals surface area contributed by atoms with Gasteiger partial charge < -0.3 is 11.1 Å². The molecular formula is C13H28ClN3O. The van der Waals surface area contributed by atoms with Crippen LogP contribution in [-0.4, -0.2) is 43.0 Å². The van der Waals surface area contributed by atoms with Crippen molar-refractivity contribution in [2.24, 2.45) is 17.6 Å². The number of likely N-dealkylation sites (tertiary alicyclic amines) is 1. The largest absolute Gasteiger partial charge is 0.352 e. The molecule has 0 bridgehead atoms. The summed E-state index contributed by atoms with van der Waals surface area (Å²) in [6.45, 7) is 9.63. The smallest absolute Gasteiger partial charge is 0.234 e. The van der Waals surface area contributed by atoms with Crippen molar-refractivity contribution in [3.63, 3.8) is 0 Å². The molecule has 1 atom stereocenters. The van der Waals surface area contributed by atoms with E-state index in [1.165, 1.54) is 0 Å². The summed E-state index contributed by atoms with van der Waals surface area (Å²) in [5.41, 5.74) is 5.65. The van der Waals surface area contributed by atoms with Gasteiger partial charge in [-0.3, -0.25) is 9.69 Å². The standard InChI is InChI=1S/C13H27N3O.ClH/c1-10(2)11(3)15-13(17)9-16-6-4-12(8-14)5-7-16;/h10-12H,4-9,14H2,1-3H3,(H,15,17);1H. The number of rotatable bonds is 5. The molecule has 1 saturated heterocycles. The first-order chi connectivity index (χ1) is 8.02. The molecule has 1 aliphatic rings. The van der Waals surface area contributed by atoms with Crippen LogP contribution < -0.4 is 11.1 Å². The van der Waals surface area contributed by atoms with Crippen LogP contribution in [0.15, 0.2) is 0 Å². The topological polar surface area (TPSA) is 58.4 Å². The Labute approximate surface area is 117 Å². The Bertz CT molecular complexity index is 240. The van der Waals surface area contributed by atoms with Crippen LogP contribution in [0.5, 0.6) is 0 Å². The van der Waals surface area contributed by atoms with Crippen LogP contribution in [0.2, 0.25) is 0 Å². The van der Waals surface area contributed by atoms with E-state index in [0.29, 0.717) is 18.4 Å². The summed E-state index contributed by atoms with van der Waals surface area (Å²) in [5, 5.41) is 3.05. The van der Waals surface area contributed by atoms with E-state index in [-0.39, 0.29) is 24.4 Å². The second kappa shape index (κ2) is 8.73. The Morgan fingerprint density at radius 2 is 1.89 bits per heavy atom. The number of carbonyl (C=O) groups is 1. The summed E-state index contributed by atoms with van der Waals surface area (Å²) in [4.78, 5) is 14.0. The molecule has 0 saturated carbocycles. The summed E-state index contributed by atoms with van der Waals surface area (Å²) in [7, 11) is 0. The van der Waals surface area contributed by atoms with Crippen LogP contribution in [0.4, 0.5) is 0 Å². The molecule has 1 aliphatic heterocycles. The molecule has 18 heavy (non-hydrogen) atoms. The van der Waals surface area contributed by atoms with E-state index < -0.39 is 0 Å². The van der Waals surface area contributed by atoms with Crippen LogP contribution in [0.3, 0.4) is 0 Å². The molecule has 0 aromatic carbocycles. The molecule has 4 nitrogen and oxygen atoms in total. The van der Waals surface area contributed by atoms with Gasteiger partial charge in [-0.15, -0.1) is 12.4 Å². The lowest BCUT2D eigenvalue weighted by Gasteiger charge is -2.31. The van der Waals surface area contributed by atoms with Gasteiger partial charge in [0, 0.05) is 6.04 Å². The zero-order valence-electron chi connectivity index (χ0n) is 11.8. The van der Waals surface area contributed by atoms with Crippen LogP contribution in [0, 0.1) is 11.8 Å². The number of amides is 1. The Morgan fingerprint density at radius 1 is 1.33 bits per heavy atom. The maximum atomic E-state index is 11.8. The Kier molecular flexibility index (Phi) is 8.57. The van der Waals surface area contributed by atoms with E-state index in [9.17, 15) is 4.79 Å². The summed E-state index contributed by atoms with van der Waals surface area (Å²) < 4.78 is 0. The molecule has 1 heterocycles. The van der Waals surface area contributed by atoms with Crippen molar-refractivity contribution in [3.05, 3.63) is 0 Å². The van der Waals surface area contributed by atoms with Gasteiger partial charge in [0.2, 0.25) is 5.91 Å². The molecule has 1 unspecified atom stereocenters. The zero-order valence-corrected chi connectivity index (χ0v) is 12.6. The van der Waals surface area contributed by atoms with Crippen molar-refractivity contribution in [1.82, 2.24) is 10.2 Å². The summed E-state index contributed by atoms with van der Waals surface area (Å²) in [5.74, 6) is 1.29. The van der Waals surface area contributed by atoms with E-state index in [2.05, 4.69) is 31.0 Å². The van der Waals surface area contributed by atoms with Crippen LogP contribution >= 0.6 is 12.4 Å². The third-order valence-corrected chi connectivity index (χ3v) is 3.80. The molecule has 0 aromatic rings. The van der Waals surface area contributed by atoms with Gasteiger partial charge in [-0.1, -0.05) is 13.8 Å². The van der Waals surface area contributed by atoms with Crippen molar-refractivity contribution < 1.29 is 4.79 Å². The molecular weight excluding hydrogens is 250 g/mol. The summed E-state index contributed by atoms with van der Waals surface area (Å²) in [6, 6.07) is 0.254. The number of piperidine rings is 1. The number of hydrogen-bond acceptors (Lipinski definition) is 3. The van der Waals surface area contributed by atoms with Crippen LogP contribution in [0.1, 0.15) is 33.6 Å². The predicted octanol–water partition coefficient (Wildman–Crippen LogP) is 1.24. The van der Waals surface area contributed by atoms with Crippen molar-refractivity contribution >= 4 is 18.3 Å². The van der Waals surface area contributed by atoms with Crippen LogP contribution in [-0.2, 0) is 4.79 Å². The van der Waals surface area contributed by atoms with E-state index in [1.54, 1.807) is 0 Å². The highest BCUT2D eigenvalue weighted by Gasteiger charge is 2.20. The molecule has 0 spiro atoms. The molecule has 1 fully saturated rings. The number of halogens is 1. The van der Waals surface area contributed by atoms with Gasteiger partial charge in [0.25, 0.3) is 0 Å². The second-order valence-electron chi connectivity index (χ2n) is 5.56. The SMILES string of the molecule is CC(C)C(C)NC(=O)CN1CCC(CN)CC1.Cl. The van der Waals surface area contributed by atoms with Crippen molar-refractivity contribution in [2.45, 2.75) is 39.7 Å². The molecule has 1 amide bonds. The first-order valence-electron chi connectivity index (χ1n) is 6.74. The number of nitrogens with zero attached hydrogens (tertiary/aromatic N) is 1. The fourth-order valence-electron chi connectivity index (χ4n) is 2.05. The fraction of sp³-hybridized carbons (Fsp3) is 0.923. The molecule has 3 N–H and O–H groups in total. The molecule has 1 rings (SSSR count). The molecule has 108 valence electrons. The first-order valence-corrected chi connectivity index (χ1v) is 6.74. The minimum Gasteiger partial charge on any atom is -0.352 e. The lowest BCUT2D eigenvalue weighted by atomic mass is 9.97. The van der Waals surface area contributed by atoms with E-state index in [1.807, 2.05) is 0 Å². The van der Waals surface area contributed by atoms with Crippen molar-refractivity contribution in [2.75, 3.05) is 26.2 Å². The Balaban J connectivity index is 0.00000289. The molecule has 0 radical (unpaired) electrons. The number of carbonyl (C=O) groups excluding carboxylic acids is 1. The Morgan fingerprint density at radius 3 is 2.33 bits per heavy atom. The highest BCUT2D eigenvalue weighted by Crippen LogP contribution is 2.15. The third-order valence-electron chi connectivity index (χ3n) is 3.80. The lowest BCUT2D eigenvalue weighted by molar-refractivity contribution is -0.123. The normalized spacial score (nSPS) is 19.4. The van der Waals surface area contributed by atoms with E-state index in [0.717, 1.165) is 32.5 Å². The quantitative estimate of drug-likeness (QED) is 0.795. The number of nitrogens with one attached hydrogen (secondary N) is 1. The molecule has 5 heteroatoms. The van der Waals surface area contributed by atoms with Gasteiger partial charge in [-0.05, 0) is 51.2 Å². The summed E-state index contributed by atoms with van der Waals surface area (Å²) >= 11 is 0. The first kappa shape index (κ1) is 17.7. The van der Waals surface area contributed by atoms with Gasteiger partial charge in [-0.25, -0.2) is 0 Å². The van der Waals surface area contributed by atoms with Crippen molar-refractivity contribution in [1.29, 1.82) is 0 Å². The van der Waals surface area contributed by atoms with Gasteiger partial charge >= 0.3 is 0 Å². The fourth-order valence-corrected chi connectivity index (χ4v) is 2.05. The molecule has 0 aliphatic carbocycles. The van der Waals surface area contributed by atoms with E-state index in [4.69, 9.17) is 5.73 Å². The van der Waals surface area contributed by atoms with Gasteiger partial charge in [0.05, 0.1) is 6.54 Å². The van der Waals surface area contributed by atoms with Gasteiger partial charge in [0.15, 0.2) is 0 Å². The highest BCUT2D eigenvalue weighted by atomic mass is 35.5. The number of hydrogen-bond donors (Lipinski definition) is 2. The van der Waals surface area contributed by atoms with Crippen LogP contribution in [0.25, 0.3) is 0 Å². The third kappa shape index (κ3) is 6.03. The van der Waals surface area contributed by atoms with Gasteiger partial charge in [-0.2, -0.15) is 0 Å². The average Bonchev–Trinajstić information content (AvgIpc) is 2.29. The monoisotopic (exact) mass is 277 g/mol. The second-order valence-corrected chi connectivity index (χ2v) is 5.56. The van der Waals surface area contributed by atoms with E-state index >= 15 is 0 Å². The van der Waals surface area contributed by atoms with Crippen molar-refractivity contribution in [3.8, 4) is 0 Å². The maximum Gasteiger partial charge on any atom is 0.234 e. The minimum atomic E-state index is 0. The number of nitrogens with two attached hydrogens (primary N) is 1. The predicted molar refractivity (Wildman–Crippen MR) is 77.9 cm³/mol. The lowest BCUT2D eigenvalue weighted by Crippen LogP contribution is -2.45. The minimum absolute atomic E-state index is 0. The summed E-state index contributed by atoms with van der Waals surface area (Å²) in [6.07, 6.45) is 2.26. The maximum absolute atomic E-state index is 11.8. The molecule has 0 aromatic heterocycles. The average molecular weight is 278 g/mol. The Hall–Kier alpha value is -0.320.